The average molecular weight is 198 g/mol. The van der Waals surface area contributed by atoms with Crippen molar-refractivity contribution in [2.75, 3.05) is 0 Å². The zero-order valence-corrected chi connectivity index (χ0v) is 11.4. The van der Waals surface area contributed by atoms with Crippen LogP contribution in [0.25, 0.3) is 0 Å². The molecule has 14 heavy (non-hydrogen) atoms. The van der Waals surface area contributed by atoms with Crippen molar-refractivity contribution in [1.82, 2.24) is 0 Å². The fourth-order valence-corrected chi connectivity index (χ4v) is 2.75. The molecule has 0 aromatic rings. The Morgan fingerprint density at radius 1 is 0.929 bits per heavy atom. The van der Waals surface area contributed by atoms with Gasteiger partial charge in [0, 0.05) is 0 Å². The maximum absolute atomic E-state index is 2.46. The van der Waals surface area contributed by atoms with Gasteiger partial charge in [-0.1, -0.05) is 61.3 Å². The molecule has 0 fully saturated rings. The Morgan fingerprint density at radius 2 is 1.36 bits per heavy atom. The summed E-state index contributed by atoms with van der Waals surface area (Å²) in [5.41, 5.74) is 0.508. The van der Waals surface area contributed by atoms with E-state index in [1.54, 1.807) is 0 Å². The van der Waals surface area contributed by atoms with E-state index in [4.69, 9.17) is 0 Å². The molecule has 0 spiro atoms. The first-order valence-corrected chi connectivity index (χ1v) is 6.36. The number of hydrogen-bond donors (Lipinski definition) is 0. The van der Waals surface area contributed by atoms with Gasteiger partial charge in [-0.05, 0) is 29.6 Å². The fraction of sp³-hybridized carbons (Fsp3) is 1.00. The minimum atomic E-state index is 0.508. The molecule has 0 saturated heterocycles. The van der Waals surface area contributed by atoms with Crippen molar-refractivity contribution < 1.29 is 0 Å². The molecule has 86 valence electrons. The minimum absolute atomic E-state index is 0.508. The molecule has 0 amide bonds. The average Bonchev–Trinajstić information content (AvgIpc) is 2.04. The first kappa shape index (κ1) is 14.0. The van der Waals surface area contributed by atoms with Gasteiger partial charge < -0.3 is 0 Å². The van der Waals surface area contributed by atoms with Crippen LogP contribution in [0.15, 0.2) is 0 Å². The number of hydrogen-bond acceptors (Lipinski definition) is 0. The van der Waals surface area contributed by atoms with Crippen LogP contribution in [0.3, 0.4) is 0 Å². The van der Waals surface area contributed by atoms with Crippen LogP contribution >= 0.6 is 0 Å². The van der Waals surface area contributed by atoms with Crippen LogP contribution in [0.1, 0.15) is 67.7 Å². The monoisotopic (exact) mass is 198 g/mol. The maximum Gasteiger partial charge on any atom is -0.0300 e. The summed E-state index contributed by atoms with van der Waals surface area (Å²) in [4.78, 5) is 0. The Morgan fingerprint density at radius 3 is 1.64 bits per heavy atom. The predicted molar refractivity (Wildman–Crippen MR) is 66.5 cm³/mol. The minimum Gasteiger partial charge on any atom is -0.0651 e. The maximum atomic E-state index is 2.46. The molecule has 0 bridgehead atoms. The van der Waals surface area contributed by atoms with Crippen LogP contribution in [-0.2, 0) is 0 Å². The number of rotatable bonds is 6. The zero-order chi connectivity index (χ0) is 11.4. The van der Waals surface area contributed by atoms with Crippen molar-refractivity contribution in [3.63, 3.8) is 0 Å². The largest absolute Gasteiger partial charge is 0.0651 e. The summed E-state index contributed by atoms with van der Waals surface area (Å²) in [7, 11) is 0. The first-order valence-electron chi connectivity index (χ1n) is 6.36. The Kier molecular flexibility index (Phi) is 5.78. The van der Waals surface area contributed by atoms with Crippen molar-refractivity contribution >= 4 is 0 Å². The lowest BCUT2D eigenvalue weighted by Gasteiger charge is -2.39. The highest BCUT2D eigenvalue weighted by Gasteiger charge is 2.32. The third-order valence-corrected chi connectivity index (χ3v) is 4.13. The van der Waals surface area contributed by atoms with Gasteiger partial charge in [-0.3, -0.25) is 0 Å². The van der Waals surface area contributed by atoms with Crippen LogP contribution in [0.4, 0.5) is 0 Å². The third kappa shape index (κ3) is 3.63. The lowest BCUT2D eigenvalue weighted by Crippen LogP contribution is -2.31. The quantitative estimate of drug-likeness (QED) is 0.555. The molecule has 0 aliphatic heterocycles. The van der Waals surface area contributed by atoms with Crippen LogP contribution in [0.5, 0.6) is 0 Å². The normalized spacial score (nSPS) is 15.2. The molecule has 0 aromatic heterocycles. The van der Waals surface area contributed by atoms with E-state index in [0.29, 0.717) is 5.41 Å². The molecule has 0 radical (unpaired) electrons. The second-order valence-corrected chi connectivity index (χ2v) is 5.87. The topological polar surface area (TPSA) is 0 Å². The molecule has 1 unspecified atom stereocenters. The van der Waals surface area contributed by atoms with E-state index in [-0.39, 0.29) is 0 Å². The van der Waals surface area contributed by atoms with Gasteiger partial charge in [0.25, 0.3) is 0 Å². The summed E-state index contributed by atoms with van der Waals surface area (Å²) in [6, 6.07) is 0. The second-order valence-electron chi connectivity index (χ2n) is 5.87. The molecule has 0 heterocycles. The highest BCUT2D eigenvalue weighted by molar-refractivity contribution is 4.82. The predicted octanol–water partition coefficient (Wildman–Crippen LogP) is 5.13. The molecule has 0 N–H and O–H groups in total. The first-order chi connectivity index (χ1) is 6.36. The van der Waals surface area contributed by atoms with Crippen molar-refractivity contribution in [1.29, 1.82) is 0 Å². The molecule has 0 aliphatic carbocycles. The highest BCUT2D eigenvalue weighted by atomic mass is 14.4. The summed E-state index contributed by atoms with van der Waals surface area (Å²) in [6.07, 6.45) is 4.02. The SMILES string of the molecule is CCC(CC)C(C)(C)C(C)CC(C)C. The van der Waals surface area contributed by atoms with E-state index >= 15 is 0 Å². The van der Waals surface area contributed by atoms with E-state index in [1.807, 2.05) is 0 Å². The second kappa shape index (κ2) is 5.78. The molecule has 0 aliphatic rings. The van der Waals surface area contributed by atoms with Gasteiger partial charge in [0.1, 0.15) is 0 Å². The van der Waals surface area contributed by atoms with Crippen molar-refractivity contribution in [2.24, 2.45) is 23.2 Å². The standard InChI is InChI=1S/C14H30/c1-8-13(9-2)14(6,7)12(5)10-11(3)4/h11-13H,8-10H2,1-7H3. The fourth-order valence-electron chi connectivity index (χ4n) is 2.75. The van der Waals surface area contributed by atoms with Crippen LogP contribution in [-0.4, -0.2) is 0 Å². The van der Waals surface area contributed by atoms with Gasteiger partial charge >= 0.3 is 0 Å². The van der Waals surface area contributed by atoms with Crippen molar-refractivity contribution in [3.8, 4) is 0 Å². The summed E-state index contributed by atoms with van der Waals surface area (Å²) < 4.78 is 0. The Balaban J connectivity index is 4.40. The van der Waals surface area contributed by atoms with E-state index < -0.39 is 0 Å². The molecule has 0 aromatic carbocycles. The van der Waals surface area contributed by atoms with Gasteiger partial charge in [-0.25, -0.2) is 0 Å². The summed E-state index contributed by atoms with van der Waals surface area (Å²) >= 11 is 0. The lowest BCUT2D eigenvalue weighted by molar-refractivity contribution is 0.102. The van der Waals surface area contributed by atoms with Gasteiger partial charge in [0.05, 0.1) is 0 Å². The van der Waals surface area contributed by atoms with E-state index in [2.05, 4.69) is 48.5 Å². The molecule has 0 heteroatoms. The van der Waals surface area contributed by atoms with Crippen LogP contribution in [0.2, 0.25) is 0 Å². The summed E-state index contributed by atoms with van der Waals surface area (Å²) in [6.45, 7) is 16.7. The van der Waals surface area contributed by atoms with E-state index in [1.165, 1.54) is 19.3 Å². The van der Waals surface area contributed by atoms with Gasteiger partial charge in [-0.15, -0.1) is 0 Å². The van der Waals surface area contributed by atoms with Gasteiger partial charge in [-0.2, -0.15) is 0 Å². The van der Waals surface area contributed by atoms with Crippen LogP contribution in [0, 0.1) is 23.2 Å². The Labute approximate surface area is 91.5 Å². The van der Waals surface area contributed by atoms with Crippen molar-refractivity contribution in [2.45, 2.75) is 67.7 Å². The Bertz CT molecular complexity index is 140. The van der Waals surface area contributed by atoms with Crippen molar-refractivity contribution in [3.05, 3.63) is 0 Å². The molecular formula is C14H30. The molecule has 0 nitrogen and oxygen atoms in total. The third-order valence-electron chi connectivity index (χ3n) is 4.13. The molecule has 0 rings (SSSR count). The molecule has 0 saturated carbocycles. The smallest absolute Gasteiger partial charge is 0.0300 e. The zero-order valence-electron chi connectivity index (χ0n) is 11.4. The highest BCUT2D eigenvalue weighted by Crippen LogP contribution is 2.41. The Hall–Kier alpha value is 0. The molecule has 1 atom stereocenters. The van der Waals surface area contributed by atoms with E-state index in [0.717, 1.165) is 17.8 Å². The lowest BCUT2D eigenvalue weighted by atomic mass is 9.66. The van der Waals surface area contributed by atoms with Crippen LogP contribution < -0.4 is 0 Å². The molecular weight excluding hydrogens is 168 g/mol. The summed E-state index contributed by atoms with van der Waals surface area (Å²) in [5, 5.41) is 0. The van der Waals surface area contributed by atoms with Gasteiger partial charge in [0.2, 0.25) is 0 Å². The summed E-state index contributed by atoms with van der Waals surface area (Å²) in [5.74, 6) is 2.56. The van der Waals surface area contributed by atoms with Gasteiger partial charge in [0.15, 0.2) is 0 Å². The van der Waals surface area contributed by atoms with E-state index in [9.17, 15) is 0 Å².